The van der Waals surface area contributed by atoms with Crippen molar-refractivity contribution in [2.24, 2.45) is 0 Å². The lowest BCUT2D eigenvalue weighted by atomic mass is 10.1. The van der Waals surface area contributed by atoms with E-state index in [0.717, 1.165) is 5.56 Å². The lowest BCUT2D eigenvalue weighted by Crippen LogP contribution is -2.15. The van der Waals surface area contributed by atoms with Crippen molar-refractivity contribution in [2.45, 2.75) is 32.6 Å². The minimum absolute atomic E-state index is 0.0141. The molecule has 0 radical (unpaired) electrons. The van der Waals surface area contributed by atoms with Crippen molar-refractivity contribution < 1.29 is 19.1 Å². The molecule has 1 aliphatic carbocycles. The Bertz CT molecular complexity index is 598. The Morgan fingerprint density at radius 2 is 2.05 bits per heavy atom. The summed E-state index contributed by atoms with van der Waals surface area (Å²) < 4.78 is 4.75. The van der Waals surface area contributed by atoms with Crippen LogP contribution in [0.4, 0.5) is 5.69 Å². The molecular formula is C15H16ClNO4. The predicted octanol–water partition coefficient (Wildman–Crippen LogP) is 2.75. The van der Waals surface area contributed by atoms with Crippen LogP contribution in [0.2, 0.25) is 5.02 Å². The topological polar surface area (TPSA) is 72.5 Å². The molecule has 1 N–H and O–H groups in total. The zero-order valence-corrected chi connectivity index (χ0v) is 12.5. The Hall–Kier alpha value is -1.88. The van der Waals surface area contributed by atoms with E-state index in [4.69, 9.17) is 16.3 Å². The van der Waals surface area contributed by atoms with Gasteiger partial charge in [-0.15, -0.1) is 0 Å². The minimum Gasteiger partial charge on any atom is -0.466 e. The summed E-state index contributed by atoms with van der Waals surface area (Å²) in [5.41, 5.74) is 1.93. The summed E-state index contributed by atoms with van der Waals surface area (Å²) in [6, 6.07) is 3.32. The molecule has 0 saturated heterocycles. The molecular weight excluding hydrogens is 294 g/mol. The zero-order chi connectivity index (χ0) is 15.4. The van der Waals surface area contributed by atoms with Gasteiger partial charge in [-0.2, -0.15) is 0 Å². The molecule has 0 unspecified atom stereocenters. The zero-order valence-electron chi connectivity index (χ0n) is 11.7. The standard InChI is InChI=1S/C15H16ClNO4/c1-2-21-15(20)6-5-14(19)17-12-8-10-9(7-11(12)16)3-4-13(10)18/h7-8H,2-6H2,1H3,(H,17,19). The van der Waals surface area contributed by atoms with Gasteiger partial charge in [0.25, 0.3) is 0 Å². The Labute approximate surface area is 127 Å². The van der Waals surface area contributed by atoms with Crippen molar-refractivity contribution in [2.75, 3.05) is 11.9 Å². The normalized spacial score (nSPS) is 13.0. The first kappa shape index (κ1) is 15.5. The molecule has 0 spiro atoms. The highest BCUT2D eigenvalue weighted by atomic mass is 35.5. The number of rotatable bonds is 5. The van der Waals surface area contributed by atoms with Crippen LogP contribution in [0.15, 0.2) is 12.1 Å². The predicted molar refractivity (Wildman–Crippen MR) is 78.6 cm³/mol. The van der Waals surface area contributed by atoms with Crippen molar-refractivity contribution in [3.05, 3.63) is 28.3 Å². The summed E-state index contributed by atoms with van der Waals surface area (Å²) in [5.74, 6) is -0.693. The van der Waals surface area contributed by atoms with Crippen LogP contribution in [0.1, 0.15) is 42.1 Å². The van der Waals surface area contributed by atoms with E-state index in [2.05, 4.69) is 5.32 Å². The molecule has 0 saturated carbocycles. The highest BCUT2D eigenvalue weighted by Gasteiger charge is 2.21. The molecule has 0 heterocycles. The second kappa shape index (κ2) is 6.72. The van der Waals surface area contributed by atoms with Gasteiger partial charge in [0.15, 0.2) is 5.78 Å². The molecule has 21 heavy (non-hydrogen) atoms. The fraction of sp³-hybridized carbons (Fsp3) is 0.400. The van der Waals surface area contributed by atoms with Gasteiger partial charge in [0.05, 0.1) is 23.7 Å². The van der Waals surface area contributed by atoms with E-state index in [1.54, 1.807) is 19.1 Å². The fourth-order valence-electron chi connectivity index (χ4n) is 2.22. The Kier molecular flexibility index (Phi) is 4.96. The van der Waals surface area contributed by atoms with Crippen LogP contribution in [0.5, 0.6) is 0 Å². The van der Waals surface area contributed by atoms with Gasteiger partial charge >= 0.3 is 5.97 Å². The number of Topliss-reactive ketones (excluding diaryl/α,β-unsaturated/α-hetero) is 1. The molecule has 0 atom stereocenters. The summed E-state index contributed by atoms with van der Waals surface area (Å²) in [7, 11) is 0. The number of carbonyl (C=O) groups is 3. The van der Waals surface area contributed by atoms with Crippen molar-refractivity contribution in [1.82, 2.24) is 0 Å². The molecule has 0 aliphatic heterocycles. The van der Waals surface area contributed by atoms with E-state index in [0.29, 0.717) is 35.7 Å². The molecule has 0 fully saturated rings. The summed E-state index contributed by atoms with van der Waals surface area (Å²) in [5, 5.41) is 3.02. The van der Waals surface area contributed by atoms with Crippen LogP contribution < -0.4 is 5.32 Å². The van der Waals surface area contributed by atoms with Crippen molar-refractivity contribution in [3.8, 4) is 0 Å². The maximum Gasteiger partial charge on any atom is 0.306 e. The summed E-state index contributed by atoms with van der Waals surface area (Å²) in [6.07, 6.45) is 1.19. The third-order valence-electron chi connectivity index (χ3n) is 3.25. The number of hydrogen-bond acceptors (Lipinski definition) is 4. The lowest BCUT2D eigenvalue weighted by molar-refractivity contribution is -0.144. The molecule has 1 aromatic carbocycles. The second-order valence-corrected chi connectivity index (χ2v) is 5.17. The molecule has 1 aromatic rings. The van der Waals surface area contributed by atoms with Crippen LogP contribution in [-0.2, 0) is 20.7 Å². The number of fused-ring (bicyclic) bond motifs is 1. The largest absolute Gasteiger partial charge is 0.466 e. The number of amides is 1. The molecule has 1 amide bonds. The fourth-order valence-corrected chi connectivity index (χ4v) is 2.45. The van der Waals surface area contributed by atoms with Gasteiger partial charge in [-0.05, 0) is 31.0 Å². The molecule has 6 heteroatoms. The smallest absolute Gasteiger partial charge is 0.306 e. The molecule has 1 aliphatic rings. The van der Waals surface area contributed by atoms with Crippen LogP contribution in [0, 0.1) is 0 Å². The maximum atomic E-state index is 11.8. The van der Waals surface area contributed by atoms with Gasteiger partial charge < -0.3 is 10.1 Å². The van der Waals surface area contributed by atoms with E-state index in [9.17, 15) is 14.4 Å². The SMILES string of the molecule is CCOC(=O)CCC(=O)Nc1cc2c(cc1Cl)CCC2=O. The van der Waals surface area contributed by atoms with Crippen LogP contribution in [0.25, 0.3) is 0 Å². The minimum atomic E-state index is -0.414. The number of anilines is 1. The highest BCUT2D eigenvalue weighted by molar-refractivity contribution is 6.34. The number of aryl methyl sites for hydroxylation is 1. The van der Waals surface area contributed by atoms with E-state index < -0.39 is 5.97 Å². The summed E-state index contributed by atoms with van der Waals surface area (Å²) in [4.78, 5) is 34.7. The molecule has 0 aromatic heterocycles. The third kappa shape index (κ3) is 3.82. The molecule has 2 rings (SSSR count). The van der Waals surface area contributed by atoms with Gasteiger partial charge in [0, 0.05) is 18.4 Å². The van der Waals surface area contributed by atoms with Crippen LogP contribution in [-0.4, -0.2) is 24.3 Å². The van der Waals surface area contributed by atoms with E-state index >= 15 is 0 Å². The molecule has 0 bridgehead atoms. The van der Waals surface area contributed by atoms with Crippen molar-refractivity contribution >= 4 is 34.9 Å². The molecule has 5 nitrogen and oxygen atoms in total. The first-order valence-corrected chi connectivity index (χ1v) is 7.20. The average Bonchev–Trinajstić information content (AvgIpc) is 2.78. The monoisotopic (exact) mass is 309 g/mol. The van der Waals surface area contributed by atoms with Crippen LogP contribution in [0.3, 0.4) is 0 Å². The summed E-state index contributed by atoms with van der Waals surface area (Å²) >= 11 is 6.09. The highest BCUT2D eigenvalue weighted by Crippen LogP contribution is 2.31. The average molecular weight is 310 g/mol. The summed E-state index contributed by atoms with van der Waals surface area (Å²) in [6.45, 7) is 2.00. The van der Waals surface area contributed by atoms with Gasteiger partial charge in [-0.25, -0.2) is 0 Å². The van der Waals surface area contributed by atoms with Crippen LogP contribution >= 0.6 is 11.6 Å². The lowest BCUT2D eigenvalue weighted by Gasteiger charge is -2.09. The van der Waals surface area contributed by atoms with E-state index in [1.807, 2.05) is 0 Å². The number of hydrogen-bond donors (Lipinski definition) is 1. The number of carbonyl (C=O) groups excluding carboxylic acids is 3. The number of ether oxygens (including phenoxy) is 1. The first-order valence-electron chi connectivity index (χ1n) is 6.82. The van der Waals surface area contributed by atoms with Gasteiger partial charge in [0.1, 0.15) is 0 Å². The number of esters is 1. The third-order valence-corrected chi connectivity index (χ3v) is 3.56. The van der Waals surface area contributed by atoms with Crippen molar-refractivity contribution in [3.63, 3.8) is 0 Å². The quantitative estimate of drug-likeness (QED) is 0.849. The number of nitrogens with one attached hydrogen (secondary N) is 1. The van der Waals surface area contributed by atoms with Gasteiger partial charge in [-0.3, -0.25) is 14.4 Å². The number of halogens is 1. The first-order chi connectivity index (χ1) is 10.0. The van der Waals surface area contributed by atoms with Crippen molar-refractivity contribution in [1.29, 1.82) is 0 Å². The maximum absolute atomic E-state index is 11.8. The number of benzene rings is 1. The van der Waals surface area contributed by atoms with Gasteiger partial charge in [-0.1, -0.05) is 11.6 Å². The Morgan fingerprint density at radius 3 is 2.76 bits per heavy atom. The van der Waals surface area contributed by atoms with E-state index in [1.165, 1.54) is 0 Å². The second-order valence-electron chi connectivity index (χ2n) is 4.77. The van der Waals surface area contributed by atoms with Gasteiger partial charge in [0.2, 0.25) is 5.91 Å². The Balaban J connectivity index is 2.00. The Morgan fingerprint density at radius 1 is 1.29 bits per heavy atom. The number of ketones is 1. The molecule has 112 valence electrons. The van der Waals surface area contributed by atoms with E-state index in [-0.39, 0.29) is 24.5 Å².